The molecule has 0 aromatic rings. The topological polar surface area (TPSA) is 77.2 Å². The number of carbonyl (C=O) groups excluding carboxylic acids is 3. The van der Waals surface area contributed by atoms with Crippen LogP contribution in [0.1, 0.15) is 52.9 Å². The highest BCUT2D eigenvalue weighted by atomic mass is 16.1. The average molecular weight is 265 g/mol. The van der Waals surface area contributed by atoms with E-state index in [1.165, 1.54) is 13.0 Å². The van der Waals surface area contributed by atoms with Crippen LogP contribution in [0.2, 0.25) is 0 Å². The Labute approximate surface area is 114 Å². The van der Waals surface area contributed by atoms with Crippen LogP contribution in [-0.4, -0.2) is 17.5 Å². The summed E-state index contributed by atoms with van der Waals surface area (Å²) in [5.74, 6) is -0.513. The Morgan fingerprint density at radius 2 is 1.47 bits per heavy atom. The molecule has 0 aromatic heterocycles. The zero-order chi connectivity index (χ0) is 14.8. The molecule has 0 atom stereocenters. The van der Waals surface area contributed by atoms with Crippen molar-refractivity contribution in [3.8, 4) is 0 Å². The van der Waals surface area contributed by atoms with Crippen LogP contribution in [-0.2, 0) is 14.4 Å². The highest BCUT2D eigenvalue weighted by Crippen LogP contribution is 2.11. The first-order valence-corrected chi connectivity index (χ1v) is 6.51. The number of ketones is 2. The van der Waals surface area contributed by atoms with Crippen LogP contribution in [0, 0.1) is 0 Å². The number of hydrogen-bond donors (Lipinski definition) is 1. The van der Waals surface area contributed by atoms with Gasteiger partial charge in [-0.2, -0.15) is 0 Å². The minimum atomic E-state index is -0.271. The summed E-state index contributed by atoms with van der Waals surface area (Å²) in [5, 5.41) is 0. The molecular formula is C15H23NO3. The van der Waals surface area contributed by atoms with Gasteiger partial charge in [-0.05, 0) is 57.8 Å². The molecule has 0 aliphatic heterocycles. The normalized spacial score (nSPS) is 12.4. The number of primary amides is 1. The third kappa shape index (κ3) is 9.94. The van der Waals surface area contributed by atoms with E-state index in [0.717, 1.165) is 31.3 Å². The van der Waals surface area contributed by atoms with Crippen molar-refractivity contribution in [3.05, 3.63) is 23.3 Å². The van der Waals surface area contributed by atoms with Crippen LogP contribution in [0.4, 0.5) is 0 Å². The molecule has 0 saturated heterocycles. The molecule has 0 rings (SSSR count). The van der Waals surface area contributed by atoms with E-state index in [0.29, 0.717) is 12.0 Å². The summed E-state index contributed by atoms with van der Waals surface area (Å²) in [6.45, 7) is 4.96. The smallest absolute Gasteiger partial charge is 0.217 e. The van der Waals surface area contributed by atoms with E-state index in [9.17, 15) is 14.4 Å². The predicted molar refractivity (Wildman–Crippen MR) is 75.5 cm³/mol. The fraction of sp³-hybridized carbons (Fsp3) is 0.533. The molecule has 0 radical (unpaired) electrons. The molecule has 4 heteroatoms. The maximum atomic E-state index is 11.7. The molecule has 19 heavy (non-hydrogen) atoms. The highest BCUT2D eigenvalue weighted by molar-refractivity contribution is 6.07. The maximum Gasteiger partial charge on any atom is 0.217 e. The second-order valence-corrected chi connectivity index (χ2v) is 4.82. The highest BCUT2D eigenvalue weighted by Gasteiger charge is 2.03. The number of carbonyl (C=O) groups is 3. The van der Waals surface area contributed by atoms with Gasteiger partial charge in [-0.1, -0.05) is 12.0 Å². The minimum absolute atomic E-state index is 0.121. The fourth-order valence-electron chi connectivity index (χ4n) is 1.67. The van der Waals surface area contributed by atoms with E-state index in [1.807, 2.05) is 6.92 Å². The molecule has 1 amide bonds. The number of unbranched alkanes of at least 4 members (excludes halogenated alkanes) is 2. The number of amides is 1. The van der Waals surface area contributed by atoms with Gasteiger partial charge in [0.2, 0.25) is 5.91 Å². The van der Waals surface area contributed by atoms with Crippen LogP contribution in [0.5, 0.6) is 0 Å². The van der Waals surface area contributed by atoms with Gasteiger partial charge in [0.05, 0.1) is 0 Å². The lowest BCUT2D eigenvalue weighted by molar-refractivity contribution is -0.118. The lowest BCUT2D eigenvalue weighted by atomic mass is 10.0. The van der Waals surface area contributed by atoms with Crippen molar-refractivity contribution in [2.24, 2.45) is 5.73 Å². The second-order valence-electron chi connectivity index (χ2n) is 4.82. The van der Waals surface area contributed by atoms with Crippen molar-refractivity contribution in [2.75, 3.05) is 0 Å². The molecule has 106 valence electrons. The molecule has 0 aliphatic carbocycles. The lowest BCUT2D eigenvalue weighted by Gasteiger charge is -2.01. The molecular weight excluding hydrogens is 242 g/mol. The Bertz CT molecular complexity index is 406. The van der Waals surface area contributed by atoms with Crippen molar-refractivity contribution in [2.45, 2.75) is 52.9 Å². The van der Waals surface area contributed by atoms with Crippen molar-refractivity contribution in [3.63, 3.8) is 0 Å². The Kier molecular flexibility index (Phi) is 8.42. The van der Waals surface area contributed by atoms with Gasteiger partial charge in [0.1, 0.15) is 0 Å². The fourth-order valence-corrected chi connectivity index (χ4v) is 1.67. The summed E-state index contributed by atoms with van der Waals surface area (Å²) in [5.41, 5.74) is 6.49. The van der Waals surface area contributed by atoms with Gasteiger partial charge in [-0.3, -0.25) is 14.4 Å². The van der Waals surface area contributed by atoms with Gasteiger partial charge in [-0.15, -0.1) is 0 Å². The van der Waals surface area contributed by atoms with E-state index in [1.54, 1.807) is 13.0 Å². The molecule has 0 unspecified atom stereocenters. The molecule has 0 spiro atoms. The first-order chi connectivity index (χ1) is 8.82. The van der Waals surface area contributed by atoms with E-state index in [4.69, 9.17) is 5.73 Å². The molecule has 0 saturated carbocycles. The summed E-state index contributed by atoms with van der Waals surface area (Å²) >= 11 is 0. The van der Waals surface area contributed by atoms with Gasteiger partial charge in [0.15, 0.2) is 11.6 Å². The van der Waals surface area contributed by atoms with Crippen LogP contribution < -0.4 is 5.73 Å². The molecule has 0 fully saturated rings. The zero-order valence-corrected chi connectivity index (χ0v) is 12.0. The summed E-state index contributed by atoms with van der Waals surface area (Å²) in [6.07, 6.45) is 6.80. The quantitative estimate of drug-likeness (QED) is 0.514. The first kappa shape index (κ1) is 17.3. The van der Waals surface area contributed by atoms with Crippen LogP contribution in [0.25, 0.3) is 0 Å². The molecule has 0 heterocycles. The van der Waals surface area contributed by atoms with E-state index < -0.39 is 0 Å². The average Bonchev–Trinajstić information content (AvgIpc) is 2.26. The second kappa shape index (κ2) is 9.25. The Hall–Kier alpha value is -1.71. The number of allylic oxidation sites excluding steroid dienone is 4. The van der Waals surface area contributed by atoms with E-state index in [2.05, 4.69) is 0 Å². The van der Waals surface area contributed by atoms with Crippen molar-refractivity contribution in [1.82, 2.24) is 0 Å². The van der Waals surface area contributed by atoms with Gasteiger partial charge < -0.3 is 5.73 Å². The minimum Gasteiger partial charge on any atom is -0.370 e. The maximum absolute atomic E-state index is 11.7. The molecule has 2 N–H and O–H groups in total. The van der Waals surface area contributed by atoms with Crippen LogP contribution in [0.3, 0.4) is 0 Å². The number of rotatable bonds is 9. The predicted octanol–water partition coefficient (Wildman–Crippen LogP) is 2.47. The monoisotopic (exact) mass is 265 g/mol. The lowest BCUT2D eigenvalue weighted by Crippen LogP contribution is -2.09. The Morgan fingerprint density at radius 3 is 2.00 bits per heavy atom. The number of nitrogens with two attached hydrogens (primary N) is 1. The first-order valence-electron chi connectivity index (χ1n) is 6.51. The van der Waals surface area contributed by atoms with Crippen LogP contribution >= 0.6 is 0 Å². The molecule has 0 aromatic carbocycles. The van der Waals surface area contributed by atoms with E-state index in [-0.39, 0.29) is 17.5 Å². The summed E-state index contributed by atoms with van der Waals surface area (Å²) in [4.78, 5) is 33.1. The van der Waals surface area contributed by atoms with Crippen molar-refractivity contribution >= 4 is 17.5 Å². The molecule has 4 nitrogen and oxygen atoms in total. The third-order valence-electron chi connectivity index (χ3n) is 2.68. The van der Waals surface area contributed by atoms with Gasteiger partial charge in [0.25, 0.3) is 0 Å². The van der Waals surface area contributed by atoms with Gasteiger partial charge >= 0.3 is 0 Å². The van der Waals surface area contributed by atoms with E-state index >= 15 is 0 Å². The Balaban J connectivity index is 4.09. The molecule has 0 bridgehead atoms. The summed E-state index contributed by atoms with van der Waals surface area (Å²) in [7, 11) is 0. The zero-order valence-electron chi connectivity index (χ0n) is 12.0. The third-order valence-corrected chi connectivity index (χ3v) is 2.68. The Morgan fingerprint density at radius 1 is 0.895 bits per heavy atom. The SMILES string of the molecule is CC(=O)C=C(C)C(=O)C=C(C)CCCCCC(N)=O. The van der Waals surface area contributed by atoms with Gasteiger partial charge in [-0.25, -0.2) is 0 Å². The van der Waals surface area contributed by atoms with Crippen LogP contribution in [0.15, 0.2) is 23.3 Å². The summed E-state index contributed by atoms with van der Waals surface area (Å²) < 4.78 is 0. The number of hydrogen-bond acceptors (Lipinski definition) is 3. The van der Waals surface area contributed by atoms with Gasteiger partial charge in [0, 0.05) is 6.42 Å². The molecule has 0 aliphatic rings. The van der Waals surface area contributed by atoms with Crippen molar-refractivity contribution in [1.29, 1.82) is 0 Å². The summed E-state index contributed by atoms with van der Waals surface area (Å²) in [6, 6.07) is 0. The standard InChI is InChI=1S/C15H23NO3/c1-11(7-5-4-6-8-15(16)19)9-14(18)12(2)10-13(3)17/h9-10H,4-8H2,1-3H3,(H2,16,19). The van der Waals surface area contributed by atoms with Crippen molar-refractivity contribution < 1.29 is 14.4 Å². The largest absolute Gasteiger partial charge is 0.370 e.